The molecular formula is C22H16N8O3S. The fourth-order valence-electron chi connectivity index (χ4n) is 2.93. The molecule has 0 fully saturated rings. The van der Waals surface area contributed by atoms with Crippen molar-refractivity contribution in [3.05, 3.63) is 99.3 Å². The van der Waals surface area contributed by atoms with E-state index >= 15 is 0 Å². The number of hydrogen-bond acceptors (Lipinski definition) is 8. The number of H-pyrrole nitrogens is 1. The average molecular weight is 472 g/mol. The second-order valence-corrected chi connectivity index (χ2v) is 7.29. The Balaban J connectivity index is 1.62. The number of nitrogens with two attached hydrogens (primary N) is 1. The number of nitrogens with zero attached hydrogens (tertiary/aromatic N) is 6. The highest BCUT2D eigenvalue weighted by Gasteiger charge is 2.18. The van der Waals surface area contributed by atoms with Gasteiger partial charge in [-0.25, -0.2) is 0 Å². The van der Waals surface area contributed by atoms with Gasteiger partial charge in [-0.05, 0) is 60.7 Å². The number of thiocarbonyl (C=S) groups is 1. The largest absolute Gasteiger partial charge is 0.374 e. The summed E-state index contributed by atoms with van der Waals surface area (Å²) in [7, 11) is 0. The minimum Gasteiger partial charge on any atom is -0.374 e. The maximum Gasteiger partial charge on any atom is 0.301 e. The molecule has 0 aliphatic heterocycles. The standard InChI is InChI=1S/C22H16N8O3S/c23-22(34)29-21(31)20(19(28-29)14-6-12-18(13-7-14)30(32)33)27-26-17-10-8-16(9-11-17)25-24-15-4-2-1-3-5-15/h1-13,28H,(H2,23,34). The molecule has 11 nitrogen and oxygen atoms in total. The molecule has 168 valence electrons. The van der Waals surface area contributed by atoms with Crippen LogP contribution in [0.1, 0.15) is 0 Å². The molecule has 3 aromatic carbocycles. The quantitative estimate of drug-likeness (QED) is 0.160. The monoisotopic (exact) mass is 472 g/mol. The molecule has 1 heterocycles. The first-order valence-electron chi connectivity index (χ1n) is 9.80. The van der Waals surface area contributed by atoms with Crippen LogP contribution in [0, 0.1) is 10.1 Å². The van der Waals surface area contributed by atoms with Gasteiger partial charge < -0.3 is 5.73 Å². The smallest absolute Gasteiger partial charge is 0.301 e. The molecule has 0 saturated heterocycles. The summed E-state index contributed by atoms with van der Waals surface area (Å²) in [6, 6.07) is 21.7. The van der Waals surface area contributed by atoms with Crippen LogP contribution in [-0.4, -0.2) is 19.8 Å². The minimum atomic E-state index is -0.599. The Kier molecular flexibility index (Phi) is 6.41. The maximum atomic E-state index is 12.7. The van der Waals surface area contributed by atoms with Gasteiger partial charge in [0.2, 0.25) is 0 Å². The summed E-state index contributed by atoms with van der Waals surface area (Å²) in [6.07, 6.45) is 0. The molecule has 0 atom stereocenters. The van der Waals surface area contributed by atoms with E-state index in [2.05, 4.69) is 25.6 Å². The Bertz CT molecular complexity index is 1460. The number of benzene rings is 3. The van der Waals surface area contributed by atoms with E-state index < -0.39 is 10.5 Å². The number of rotatable bonds is 6. The fraction of sp³-hybridized carbons (Fsp3) is 0. The maximum absolute atomic E-state index is 12.7. The summed E-state index contributed by atoms with van der Waals surface area (Å²) in [4.78, 5) is 23.2. The van der Waals surface area contributed by atoms with Crippen molar-refractivity contribution in [2.75, 3.05) is 0 Å². The van der Waals surface area contributed by atoms with E-state index in [0.29, 0.717) is 16.9 Å². The van der Waals surface area contributed by atoms with E-state index in [-0.39, 0.29) is 22.2 Å². The first-order valence-corrected chi connectivity index (χ1v) is 10.2. The first kappa shape index (κ1) is 22.4. The van der Waals surface area contributed by atoms with Gasteiger partial charge in [0.15, 0.2) is 10.8 Å². The van der Waals surface area contributed by atoms with Crippen LogP contribution in [0.2, 0.25) is 0 Å². The summed E-state index contributed by atoms with van der Waals surface area (Å²) >= 11 is 4.91. The van der Waals surface area contributed by atoms with E-state index in [1.54, 1.807) is 24.3 Å². The Morgan fingerprint density at radius 2 is 1.38 bits per heavy atom. The zero-order valence-electron chi connectivity index (χ0n) is 17.4. The van der Waals surface area contributed by atoms with E-state index in [4.69, 9.17) is 18.0 Å². The lowest BCUT2D eigenvalue weighted by molar-refractivity contribution is -0.384. The average Bonchev–Trinajstić information content (AvgIpc) is 3.19. The van der Waals surface area contributed by atoms with E-state index in [1.807, 2.05) is 30.3 Å². The number of nitro groups is 1. The van der Waals surface area contributed by atoms with Gasteiger partial charge in [0.05, 0.1) is 27.7 Å². The lowest BCUT2D eigenvalue weighted by Gasteiger charge is -2.00. The third kappa shape index (κ3) is 4.97. The topological polar surface area (TPSA) is 156 Å². The molecule has 0 unspecified atom stereocenters. The summed E-state index contributed by atoms with van der Waals surface area (Å²) in [5.74, 6) is 0. The number of aromatic amines is 1. The van der Waals surface area contributed by atoms with Crippen molar-refractivity contribution >= 4 is 45.8 Å². The number of aromatic nitrogens is 2. The van der Waals surface area contributed by atoms with Crippen LogP contribution in [0.4, 0.5) is 28.4 Å². The van der Waals surface area contributed by atoms with Crippen LogP contribution in [0.5, 0.6) is 0 Å². The highest BCUT2D eigenvalue weighted by molar-refractivity contribution is 7.80. The van der Waals surface area contributed by atoms with Crippen molar-refractivity contribution < 1.29 is 4.92 Å². The zero-order valence-corrected chi connectivity index (χ0v) is 18.2. The van der Waals surface area contributed by atoms with Gasteiger partial charge in [-0.2, -0.15) is 20.0 Å². The van der Waals surface area contributed by atoms with Crippen LogP contribution in [-0.2, 0) is 0 Å². The summed E-state index contributed by atoms with van der Waals surface area (Å²) in [5.41, 5.74) is 7.44. The van der Waals surface area contributed by atoms with Crippen LogP contribution in [0.3, 0.4) is 0 Å². The van der Waals surface area contributed by atoms with E-state index in [0.717, 1.165) is 10.4 Å². The molecule has 0 aliphatic carbocycles. The van der Waals surface area contributed by atoms with Crippen molar-refractivity contribution in [1.29, 1.82) is 0 Å². The van der Waals surface area contributed by atoms with Gasteiger partial charge in [-0.15, -0.1) is 5.11 Å². The molecule has 4 aromatic rings. The second kappa shape index (κ2) is 9.75. The summed E-state index contributed by atoms with van der Waals surface area (Å²) < 4.78 is 0.952. The third-order valence-corrected chi connectivity index (χ3v) is 4.79. The predicted molar refractivity (Wildman–Crippen MR) is 131 cm³/mol. The van der Waals surface area contributed by atoms with Crippen molar-refractivity contribution in [3.8, 4) is 11.3 Å². The number of non-ortho nitro benzene ring substituents is 1. The first-order chi connectivity index (χ1) is 16.4. The number of azo groups is 2. The molecule has 0 spiro atoms. The SMILES string of the molecule is NC(=S)n1[nH]c(-c2ccc([N+](=O)[O-])cc2)c(N=Nc2ccc(N=Nc3ccccc3)cc2)c1=O. The number of hydrogen-bond donors (Lipinski definition) is 2. The summed E-state index contributed by atoms with van der Waals surface area (Å²) in [5, 5.41) is 30.0. The van der Waals surface area contributed by atoms with Gasteiger partial charge in [-0.3, -0.25) is 20.0 Å². The van der Waals surface area contributed by atoms with Crippen molar-refractivity contribution in [2.24, 2.45) is 26.2 Å². The zero-order chi connectivity index (χ0) is 24.1. The van der Waals surface area contributed by atoms with Gasteiger partial charge in [0, 0.05) is 17.7 Å². The Hall–Kier alpha value is -4.84. The molecule has 0 amide bonds. The van der Waals surface area contributed by atoms with Gasteiger partial charge >= 0.3 is 5.56 Å². The van der Waals surface area contributed by atoms with Gasteiger partial charge in [0.1, 0.15) is 0 Å². The molecular weight excluding hydrogens is 456 g/mol. The molecule has 34 heavy (non-hydrogen) atoms. The third-order valence-electron chi connectivity index (χ3n) is 4.61. The van der Waals surface area contributed by atoms with Crippen LogP contribution in [0.15, 0.2) is 104 Å². The van der Waals surface area contributed by atoms with Crippen LogP contribution < -0.4 is 11.3 Å². The predicted octanol–water partition coefficient (Wildman–Crippen LogP) is 5.67. The van der Waals surface area contributed by atoms with Crippen molar-refractivity contribution in [1.82, 2.24) is 9.78 Å². The minimum absolute atomic E-state index is 0.0468. The molecule has 0 saturated carbocycles. The second-order valence-electron chi connectivity index (χ2n) is 6.87. The van der Waals surface area contributed by atoms with Crippen LogP contribution in [0.25, 0.3) is 11.3 Å². The lowest BCUT2D eigenvalue weighted by Crippen LogP contribution is -2.29. The van der Waals surface area contributed by atoms with E-state index in [9.17, 15) is 14.9 Å². The fourth-order valence-corrected chi connectivity index (χ4v) is 3.06. The molecule has 0 aliphatic rings. The number of nitrogens with one attached hydrogen (secondary N) is 1. The lowest BCUT2D eigenvalue weighted by atomic mass is 10.1. The molecule has 1 aromatic heterocycles. The molecule has 4 rings (SSSR count). The van der Waals surface area contributed by atoms with Gasteiger partial charge in [0.25, 0.3) is 5.69 Å². The molecule has 12 heteroatoms. The van der Waals surface area contributed by atoms with Crippen molar-refractivity contribution in [2.45, 2.75) is 0 Å². The molecule has 3 N–H and O–H groups in total. The van der Waals surface area contributed by atoms with E-state index in [1.165, 1.54) is 24.3 Å². The van der Waals surface area contributed by atoms with Crippen molar-refractivity contribution in [3.63, 3.8) is 0 Å². The molecule has 0 radical (unpaired) electrons. The normalized spacial score (nSPS) is 11.3. The number of nitro benzene ring substituents is 1. The van der Waals surface area contributed by atoms with Gasteiger partial charge in [-0.1, -0.05) is 18.2 Å². The molecule has 0 bridgehead atoms. The highest BCUT2D eigenvalue weighted by Crippen LogP contribution is 2.29. The highest BCUT2D eigenvalue weighted by atomic mass is 32.1. The Labute approximate surface area is 197 Å². The Morgan fingerprint density at radius 1 is 0.853 bits per heavy atom. The Morgan fingerprint density at radius 3 is 1.91 bits per heavy atom. The van der Waals surface area contributed by atoms with Crippen LogP contribution >= 0.6 is 12.2 Å². The summed E-state index contributed by atoms with van der Waals surface area (Å²) in [6.45, 7) is 0.